The third-order valence-corrected chi connectivity index (χ3v) is 2.72. The highest BCUT2D eigenvalue weighted by atomic mass is 16.3. The van der Waals surface area contributed by atoms with Crippen LogP contribution in [0.15, 0.2) is 12.2 Å². The summed E-state index contributed by atoms with van der Waals surface area (Å²) in [7, 11) is 0. The minimum Gasteiger partial charge on any atom is -0.396 e. The number of unbranched alkanes of at least 4 members (excludes halogenated alkanes) is 8. The molecule has 0 amide bonds. The van der Waals surface area contributed by atoms with Gasteiger partial charge in [-0.2, -0.15) is 0 Å². The van der Waals surface area contributed by atoms with Crippen molar-refractivity contribution < 1.29 is 10.2 Å². The van der Waals surface area contributed by atoms with Crippen molar-refractivity contribution in [2.75, 3.05) is 13.2 Å². The van der Waals surface area contributed by atoms with Crippen molar-refractivity contribution in [1.29, 1.82) is 0 Å². The van der Waals surface area contributed by atoms with Crippen molar-refractivity contribution in [3.8, 4) is 0 Å². The lowest BCUT2D eigenvalue weighted by Gasteiger charge is -1.97. The minimum absolute atomic E-state index is 0.337. The quantitative estimate of drug-likeness (QED) is 0.397. The van der Waals surface area contributed by atoms with Crippen LogP contribution in [0.3, 0.4) is 0 Å². The van der Waals surface area contributed by atoms with Gasteiger partial charge in [-0.1, -0.05) is 37.8 Å². The predicted molar refractivity (Wildman–Crippen MR) is 69.5 cm³/mol. The molecule has 16 heavy (non-hydrogen) atoms. The summed E-state index contributed by atoms with van der Waals surface area (Å²) in [5.74, 6) is 0. The van der Waals surface area contributed by atoms with E-state index in [1.54, 1.807) is 0 Å². The third-order valence-electron chi connectivity index (χ3n) is 2.72. The second-order valence-corrected chi connectivity index (χ2v) is 4.32. The average Bonchev–Trinajstić information content (AvgIpc) is 2.31. The van der Waals surface area contributed by atoms with Crippen LogP contribution < -0.4 is 0 Å². The summed E-state index contributed by atoms with van der Waals surface area (Å²) in [6.07, 6.45) is 16.1. The van der Waals surface area contributed by atoms with Crippen molar-refractivity contribution in [1.82, 2.24) is 0 Å². The van der Waals surface area contributed by atoms with Crippen LogP contribution in [0.4, 0.5) is 0 Å². The Balaban J connectivity index is 2.98. The molecule has 0 radical (unpaired) electrons. The highest BCUT2D eigenvalue weighted by Crippen LogP contribution is 2.06. The Bertz CT molecular complexity index is 128. The molecule has 0 aromatic heterocycles. The lowest BCUT2D eigenvalue weighted by atomic mass is 10.1. The molecule has 0 fully saturated rings. The molecule has 0 aliphatic carbocycles. The van der Waals surface area contributed by atoms with E-state index in [1.165, 1.54) is 38.5 Å². The highest BCUT2D eigenvalue weighted by molar-refractivity contribution is 4.81. The molecule has 0 aliphatic heterocycles. The first-order valence-electron chi connectivity index (χ1n) is 6.78. The molecule has 0 rings (SSSR count). The van der Waals surface area contributed by atoms with Gasteiger partial charge in [0.25, 0.3) is 0 Å². The molecule has 2 N–H and O–H groups in total. The average molecular weight is 228 g/mol. The van der Waals surface area contributed by atoms with Crippen molar-refractivity contribution in [3.63, 3.8) is 0 Å². The molecule has 2 heteroatoms. The van der Waals surface area contributed by atoms with Gasteiger partial charge in [0.05, 0.1) is 0 Å². The second kappa shape index (κ2) is 14.7. The maximum Gasteiger partial charge on any atom is 0.0431 e. The fourth-order valence-corrected chi connectivity index (χ4v) is 1.69. The predicted octanol–water partition coefficient (Wildman–Crippen LogP) is 3.43. The van der Waals surface area contributed by atoms with Crippen LogP contribution in [0.5, 0.6) is 0 Å². The summed E-state index contributed by atoms with van der Waals surface area (Å²) < 4.78 is 0. The van der Waals surface area contributed by atoms with Crippen molar-refractivity contribution >= 4 is 0 Å². The highest BCUT2D eigenvalue weighted by Gasteiger charge is 1.88. The van der Waals surface area contributed by atoms with Crippen molar-refractivity contribution in [2.45, 2.75) is 64.2 Å². The molecule has 0 atom stereocenters. The number of aliphatic hydroxyl groups excluding tert-OH is 2. The summed E-state index contributed by atoms with van der Waals surface area (Å²) in [6.45, 7) is 0.674. The van der Waals surface area contributed by atoms with Crippen molar-refractivity contribution in [3.05, 3.63) is 12.2 Å². The Hall–Kier alpha value is -0.340. The largest absolute Gasteiger partial charge is 0.396 e. The number of rotatable bonds is 12. The second-order valence-electron chi connectivity index (χ2n) is 4.32. The molecule has 0 saturated heterocycles. The van der Waals surface area contributed by atoms with Gasteiger partial charge in [0, 0.05) is 13.2 Å². The van der Waals surface area contributed by atoms with E-state index in [-0.39, 0.29) is 0 Å². The SMILES string of the molecule is OCCCCCCC=CCCCCCCO. The molecule has 0 heterocycles. The summed E-state index contributed by atoms with van der Waals surface area (Å²) in [5, 5.41) is 17.2. The van der Waals surface area contributed by atoms with Crippen LogP contribution in [0.2, 0.25) is 0 Å². The van der Waals surface area contributed by atoms with E-state index in [9.17, 15) is 0 Å². The van der Waals surface area contributed by atoms with E-state index >= 15 is 0 Å². The molecule has 0 bridgehead atoms. The first kappa shape index (κ1) is 15.7. The van der Waals surface area contributed by atoms with Crippen LogP contribution >= 0.6 is 0 Å². The van der Waals surface area contributed by atoms with Crippen LogP contribution in [-0.4, -0.2) is 23.4 Å². The van der Waals surface area contributed by atoms with Gasteiger partial charge in [-0.25, -0.2) is 0 Å². The minimum atomic E-state index is 0.337. The Morgan fingerprint density at radius 1 is 0.500 bits per heavy atom. The zero-order chi connectivity index (χ0) is 11.9. The van der Waals surface area contributed by atoms with E-state index in [0.29, 0.717) is 13.2 Å². The number of hydrogen-bond acceptors (Lipinski definition) is 2. The Labute approximate surface area is 100 Å². The van der Waals surface area contributed by atoms with Gasteiger partial charge in [0.1, 0.15) is 0 Å². The third kappa shape index (κ3) is 13.7. The van der Waals surface area contributed by atoms with Gasteiger partial charge in [-0.3, -0.25) is 0 Å². The van der Waals surface area contributed by atoms with Gasteiger partial charge < -0.3 is 10.2 Å². The zero-order valence-corrected chi connectivity index (χ0v) is 10.5. The first-order valence-corrected chi connectivity index (χ1v) is 6.78. The molecule has 2 nitrogen and oxygen atoms in total. The summed E-state index contributed by atoms with van der Waals surface area (Å²) in [6, 6.07) is 0. The fraction of sp³-hybridized carbons (Fsp3) is 0.857. The molecule has 0 spiro atoms. The van der Waals surface area contributed by atoms with Crippen LogP contribution in [-0.2, 0) is 0 Å². The van der Waals surface area contributed by atoms with Crippen LogP contribution in [0, 0.1) is 0 Å². The molecule has 0 aromatic rings. The lowest BCUT2D eigenvalue weighted by molar-refractivity contribution is 0.282. The maximum atomic E-state index is 8.60. The molecule has 0 saturated carbocycles. The van der Waals surface area contributed by atoms with E-state index in [0.717, 1.165) is 25.7 Å². The molecule has 96 valence electrons. The fourth-order valence-electron chi connectivity index (χ4n) is 1.69. The van der Waals surface area contributed by atoms with E-state index in [4.69, 9.17) is 10.2 Å². The molecule has 0 unspecified atom stereocenters. The van der Waals surface area contributed by atoms with Crippen LogP contribution in [0.25, 0.3) is 0 Å². The zero-order valence-electron chi connectivity index (χ0n) is 10.5. The van der Waals surface area contributed by atoms with E-state index in [1.807, 2.05) is 0 Å². The topological polar surface area (TPSA) is 40.5 Å². The van der Waals surface area contributed by atoms with Gasteiger partial charge in [-0.05, 0) is 38.5 Å². The Kier molecular flexibility index (Phi) is 14.3. The van der Waals surface area contributed by atoms with Gasteiger partial charge in [0.2, 0.25) is 0 Å². The number of aliphatic hydroxyl groups is 2. The summed E-state index contributed by atoms with van der Waals surface area (Å²) >= 11 is 0. The number of allylic oxidation sites excluding steroid dienone is 2. The van der Waals surface area contributed by atoms with Crippen molar-refractivity contribution in [2.24, 2.45) is 0 Å². The van der Waals surface area contributed by atoms with Gasteiger partial charge in [0.15, 0.2) is 0 Å². The van der Waals surface area contributed by atoms with E-state index < -0.39 is 0 Å². The standard InChI is InChI=1S/C14H28O2/c15-13-11-9-7-5-3-1-2-4-6-8-10-12-14-16/h1-2,15-16H,3-14H2. The Morgan fingerprint density at radius 2 is 0.875 bits per heavy atom. The molecule has 0 aliphatic rings. The smallest absolute Gasteiger partial charge is 0.0431 e. The molecular weight excluding hydrogens is 200 g/mol. The monoisotopic (exact) mass is 228 g/mol. The summed E-state index contributed by atoms with van der Waals surface area (Å²) in [4.78, 5) is 0. The van der Waals surface area contributed by atoms with Gasteiger partial charge >= 0.3 is 0 Å². The van der Waals surface area contributed by atoms with E-state index in [2.05, 4.69) is 12.2 Å². The Morgan fingerprint density at radius 3 is 1.25 bits per heavy atom. The van der Waals surface area contributed by atoms with Gasteiger partial charge in [-0.15, -0.1) is 0 Å². The molecular formula is C14H28O2. The maximum absolute atomic E-state index is 8.60. The molecule has 0 aromatic carbocycles. The lowest BCUT2D eigenvalue weighted by Crippen LogP contribution is -1.83. The van der Waals surface area contributed by atoms with Crippen LogP contribution in [0.1, 0.15) is 64.2 Å². The number of hydrogen-bond donors (Lipinski definition) is 2. The first-order chi connectivity index (χ1) is 7.91. The summed E-state index contributed by atoms with van der Waals surface area (Å²) in [5.41, 5.74) is 0. The normalized spacial score (nSPS) is 11.4.